The molecule has 1 aromatic heterocycles. The lowest BCUT2D eigenvalue weighted by molar-refractivity contribution is -0.151. The highest BCUT2D eigenvalue weighted by Crippen LogP contribution is 2.36. The van der Waals surface area contributed by atoms with Crippen LogP contribution in [-0.2, 0) is 9.59 Å². The van der Waals surface area contributed by atoms with Gasteiger partial charge in [-0.05, 0) is 31.4 Å². The summed E-state index contributed by atoms with van der Waals surface area (Å²) >= 11 is 0. The summed E-state index contributed by atoms with van der Waals surface area (Å²) in [5.74, 6) is -1.68. The Morgan fingerprint density at radius 3 is 2.36 bits per heavy atom. The lowest BCUT2D eigenvalue weighted by Crippen LogP contribution is -2.62. The SMILES string of the molecule is CCC(=O)[C@H]1C[C@H](N2CCN(c3ccncc3)CC2)CC[C@@]1(N)C(=O)O.Cl.Cl. The predicted octanol–water partition coefficient (Wildman–Crippen LogP) is 1.98. The average Bonchev–Trinajstić information content (AvgIpc) is 2.68. The Balaban J connectivity index is 0.00000196. The Kier molecular flexibility index (Phi) is 9.14. The van der Waals surface area contributed by atoms with Crippen LogP contribution in [0.3, 0.4) is 0 Å². The third kappa shape index (κ3) is 4.95. The van der Waals surface area contributed by atoms with Gasteiger partial charge in [0.15, 0.2) is 0 Å². The van der Waals surface area contributed by atoms with Gasteiger partial charge in [0.05, 0.1) is 0 Å². The molecule has 3 N–H and O–H groups in total. The first kappa shape index (κ1) is 24.6. The maximum absolute atomic E-state index is 12.4. The molecule has 158 valence electrons. The van der Waals surface area contributed by atoms with Gasteiger partial charge >= 0.3 is 5.97 Å². The zero-order valence-electron chi connectivity index (χ0n) is 16.1. The van der Waals surface area contributed by atoms with E-state index in [9.17, 15) is 14.7 Å². The number of pyridine rings is 1. The van der Waals surface area contributed by atoms with Crippen LogP contribution in [-0.4, -0.2) is 64.5 Å². The summed E-state index contributed by atoms with van der Waals surface area (Å²) in [6.45, 7) is 5.43. The van der Waals surface area contributed by atoms with Crippen molar-refractivity contribution >= 4 is 42.3 Å². The Labute approximate surface area is 178 Å². The van der Waals surface area contributed by atoms with Crippen LogP contribution < -0.4 is 10.6 Å². The van der Waals surface area contributed by atoms with Crippen molar-refractivity contribution in [3.8, 4) is 0 Å². The minimum atomic E-state index is -1.41. The molecular weight excluding hydrogens is 403 g/mol. The maximum atomic E-state index is 12.4. The lowest BCUT2D eigenvalue weighted by atomic mass is 9.68. The van der Waals surface area contributed by atoms with Crippen LogP contribution in [0.4, 0.5) is 5.69 Å². The monoisotopic (exact) mass is 432 g/mol. The molecule has 9 heteroatoms. The van der Waals surface area contributed by atoms with Crippen LogP contribution >= 0.6 is 24.8 Å². The third-order valence-corrected chi connectivity index (χ3v) is 6.01. The number of anilines is 1. The zero-order valence-corrected chi connectivity index (χ0v) is 17.8. The second-order valence-corrected chi connectivity index (χ2v) is 7.37. The quantitative estimate of drug-likeness (QED) is 0.733. The summed E-state index contributed by atoms with van der Waals surface area (Å²) in [4.78, 5) is 32.9. The van der Waals surface area contributed by atoms with Gasteiger partial charge in [-0.2, -0.15) is 0 Å². The smallest absolute Gasteiger partial charge is 0.324 e. The number of nitrogens with zero attached hydrogens (tertiary/aromatic N) is 3. The molecule has 0 radical (unpaired) electrons. The zero-order chi connectivity index (χ0) is 18.7. The number of halogens is 2. The van der Waals surface area contributed by atoms with Gasteiger partial charge in [0.1, 0.15) is 11.3 Å². The van der Waals surface area contributed by atoms with E-state index in [0.29, 0.717) is 19.3 Å². The van der Waals surface area contributed by atoms with Crippen LogP contribution in [0.2, 0.25) is 0 Å². The van der Waals surface area contributed by atoms with Crippen molar-refractivity contribution in [3.63, 3.8) is 0 Å². The summed E-state index contributed by atoms with van der Waals surface area (Å²) in [5.41, 5.74) is 5.92. The van der Waals surface area contributed by atoms with Gasteiger partial charge in [0, 0.05) is 62.6 Å². The van der Waals surface area contributed by atoms with Gasteiger partial charge in [-0.3, -0.25) is 19.5 Å². The standard InChI is InChI=1S/C19H28N4O3.2ClH/c1-2-17(24)16-13-15(3-6-19(16,20)18(25)26)23-11-9-22(10-12-23)14-4-7-21-8-5-14;;/h4-5,7-8,15-16H,2-3,6,9-13,20H2,1H3,(H,25,26);2*1H/t15-,16-,19+;;/m1../s1. The lowest BCUT2D eigenvalue weighted by Gasteiger charge is -2.46. The van der Waals surface area contributed by atoms with Gasteiger partial charge in [0.2, 0.25) is 0 Å². The summed E-state index contributed by atoms with van der Waals surface area (Å²) in [6, 6.07) is 4.26. The number of Topliss-reactive ketones (excluding diaryl/α,β-unsaturated/α-hetero) is 1. The molecule has 1 saturated carbocycles. The van der Waals surface area contributed by atoms with Crippen LogP contribution in [0, 0.1) is 5.92 Å². The van der Waals surface area contributed by atoms with E-state index in [-0.39, 0.29) is 36.6 Å². The molecule has 2 aliphatic rings. The van der Waals surface area contributed by atoms with Crippen LogP contribution in [0.5, 0.6) is 0 Å². The van der Waals surface area contributed by atoms with Crippen molar-refractivity contribution in [1.29, 1.82) is 0 Å². The van der Waals surface area contributed by atoms with E-state index < -0.39 is 17.4 Å². The predicted molar refractivity (Wildman–Crippen MR) is 114 cm³/mol. The number of carboxylic acid groups (broad SMARTS) is 1. The van der Waals surface area contributed by atoms with E-state index in [1.54, 1.807) is 19.3 Å². The third-order valence-electron chi connectivity index (χ3n) is 6.01. The molecule has 0 unspecified atom stereocenters. The Morgan fingerprint density at radius 1 is 1.21 bits per heavy atom. The number of ketones is 1. The number of hydrogen-bond acceptors (Lipinski definition) is 6. The normalized spacial score (nSPS) is 28.0. The maximum Gasteiger partial charge on any atom is 0.324 e. The molecule has 0 bridgehead atoms. The highest BCUT2D eigenvalue weighted by molar-refractivity contribution is 5.91. The average molecular weight is 433 g/mol. The molecule has 3 atom stereocenters. The second kappa shape index (κ2) is 10.4. The first-order valence-corrected chi connectivity index (χ1v) is 9.39. The molecule has 1 aliphatic carbocycles. The van der Waals surface area contributed by atoms with Gasteiger partial charge < -0.3 is 15.7 Å². The molecule has 0 amide bonds. The number of nitrogens with two attached hydrogens (primary N) is 1. The highest BCUT2D eigenvalue weighted by atomic mass is 35.5. The van der Waals surface area contributed by atoms with E-state index in [4.69, 9.17) is 5.73 Å². The number of hydrogen-bond donors (Lipinski definition) is 2. The van der Waals surface area contributed by atoms with Crippen molar-refractivity contribution in [3.05, 3.63) is 24.5 Å². The van der Waals surface area contributed by atoms with Crippen molar-refractivity contribution in [1.82, 2.24) is 9.88 Å². The molecule has 2 fully saturated rings. The van der Waals surface area contributed by atoms with E-state index >= 15 is 0 Å². The van der Waals surface area contributed by atoms with Crippen molar-refractivity contribution in [2.45, 2.75) is 44.2 Å². The molecular formula is C19H30Cl2N4O3. The molecule has 1 aliphatic heterocycles. The number of carboxylic acids is 1. The number of aliphatic carboxylic acids is 1. The fourth-order valence-corrected chi connectivity index (χ4v) is 4.33. The number of rotatable bonds is 5. The Morgan fingerprint density at radius 2 is 1.82 bits per heavy atom. The van der Waals surface area contributed by atoms with E-state index in [2.05, 4.69) is 14.8 Å². The minimum absolute atomic E-state index is 0. The Bertz CT molecular complexity index is 656. The molecule has 7 nitrogen and oxygen atoms in total. The minimum Gasteiger partial charge on any atom is -0.480 e. The first-order chi connectivity index (χ1) is 12.5. The number of piperazine rings is 1. The topological polar surface area (TPSA) is 99.8 Å². The fraction of sp³-hybridized carbons (Fsp3) is 0.632. The van der Waals surface area contributed by atoms with Crippen LogP contribution in [0.15, 0.2) is 24.5 Å². The first-order valence-electron chi connectivity index (χ1n) is 9.39. The van der Waals surface area contributed by atoms with Crippen molar-refractivity contribution in [2.75, 3.05) is 31.1 Å². The summed E-state index contributed by atoms with van der Waals surface area (Å²) in [6.07, 6.45) is 5.57. The van der Waals surface area contributed by atoms with Gasteiger partial charge in [0.25, 0.3) is 0 Å². The van der Waals surface area contributed by atoms with Gasteiger partial charge in [-0.1, -0.05) is 6.92 Å². The summed E-state index contributed by atoms with van der Waals surface area (Å²) in [5, 5.41) is 9.57. The molecule has 0 spiro atoms. The molecule has 1 saturated heterocycles. The Hall–Kier alpha value is -1.41. The number of carbonyl (C=O) groups is 2. The van der Waals surface area contributed by atoms with Crippen LogP contribution in [0.1, 0.15) is 32.6 Å². The van der Waals surface area contributed by atoms with Crippen molar-refractivity contribution < 1.29 is 14.7 Å². The van der Waals surface area contributed by atoms with E-state index in [0.717, 1.165) is 32.6 Å². The molecule has 28 heavy (non-hydrogen) atoms. The number of aromatic nitrogens is 1. The second-order valence-electron chi connectivity index (χ2n) is 7.37. The largest absolute Gasteiger partial charge is 0.480 e. The van der Waals surface area contributed by atoms with Gasteiger partial charge in [-0.15, -0.1) is 24.8 Å². The summed E-state index contributed by atoms with van der Waals surface area (Å²) in [7, 11) is 0. The number of carbonyl (C=O) groups excluding carboxylic acids is 1. The van der Waals surface area contributed by atoms with Gasteiger partial charge in [-0.25, -0.2) is 0 Å². The highest BCUT2D eigenvalue weighted by Gasteiger charge is 2.50. The molecule has 3 rings (SSSR count). The molecule has 2 heterocycles. The molecule has 1 aromatic rings. The molecule has 0 aromatic carbocycles. The van der Waals surface area contributed by atoms with E-state index in [1.165, 1.54) is 5.69 Å². The summed E-state index contributed by atoms with van der Waals surface area (Å²) < 4.78 is 0. The van der Waals surface area contributed by atoms with Crippen molar-refractivity contribution in [2.24, 2.45) is 11.7 Å². The van der Waals surface area contributed by atoms with E-state index in [1.807, 2.05) is 12.1 Å². The van der Waals surface area contributed by atoms with Crippen LogP contribution in [0.25, 0.3) is 0 Å². The fourth-order valence-electron chi connectivity index (χ4n) is 4.33.